The molecule has 14 heteroatoms. The molecule has 5 heterocycles. The van der Waals surface area contributed by atoms with E-state index < -0.39 is 17.9 Å². The molecule has 0 saturated carbocycles. The number of imide groups is 1. The van der Waals surface area contributed by atoms with Gasteiger partial charge in [-0.1, -0.05) is 11.6 Å². The summed E-state index contributed by atoms with van der Waals surface area (Å²) < 4.78 is 0. The van der Waals surface area contributed by atoms with Crippen LogP contribution in [0.4, 0.5) is 17.1 Å². The van der Waals surface area contributed by atoms with E-state index in [1.807, 2.05) is 35.2 Å². The number of hydrogen-bond acceptors (Lipinski definition) is 10. The molecule has 4 saturated heterocycles. The van der Waals surface area contributed by atoms with Crippen LogP contribution in [0.5, 0.6) is 0 Å². The summed E-state index contributed by atoms with van der Waals surface area (Å²) in [6.45, 7) is 8.04. The first-order valence-corrected chi connectivity index (χ1v) is 19.7. The number of nitriles is 1. The van der Waals surface area contributed by atoms with Crippen LogP contribution < -0.4 is 31.1 Å². The molecule has 1 unspecified atom stereocenters. The Morgan fingerprint density at radius 1 is 0.982 bits per heavy atom. The first-order chi connectivity index (χ1) is 26.6. The second-order valence-electron chi connectivity index (χ2n) is 15.3. The highest BCUT2D eigenvalue weighted by molar-refractivity contribution is 6.32. The number of amides is 4. The molecule has 3 aromatic rings. The third kappa shape index (κ3) is 8.87. The number of piperidine rings is 3. The van der Waals surface area contributed by atoms with Gasteiger partial charge in [0.15, 0.2) is 0 Å². The number of aromatic nitrogens is 1. The Balaban J connectivity index is 0.802. The Bertz CT molecular complexity index is 1930. The highest BCUT2D eigenvalue weighted by Crippen LogP contribution is 2.46. The molecule has 4 fully saturated rings. The quantitative estimate of drug-likeness (QED) is 0.173. The molecule has 13 nitrogen and oxygen atoms in total. The Morgan fingerprint density at radius 3 is 2.40 bits per heavy atom. The lowest BCUT2D eigenvalue weighted by Gasteiger charge is -2.40. The number of benzene rings is 2. The maximum atomic E-state index is 13.4. The van der Waals surface area contributed by atoms with Gasteiger partial charge in [-0.05, 0) is 105 Å². The largest absolute Gasteiger partial charge is 0.383 e. The van der Waals surface area contributed by atoms with Crippen molar-refractivity contribution in [1.29, 1.82) is 5.26 Å². The van der Waals surface area contributed by atoms with Crippen LogP contribution in [0.15, 0.2) is 60.8 Å². The summed E-state index contributed by atoms with van der Waals surface area (Å²) in [6.07, 6.45) is 7.16. The van der Waals surface area contributed by atoms with Crippen LogP contribution in [0.3, 0.4) is 0 Å². The maximum absolute atomic E-state index is 13.4. The van der Waals surface area contributed by atoms with Gasteiger partial charge in [-0.3, -0.25) is 24.5 Å². The Hall–Kier alpha value is -5.19. The second kappa shape index (κ2) is 16.7. The molecule has 7 rings (SSSR count). The first kappa shape index (κ1) is 38.1. The van der Waals surface area contributed by atoms with E-state index in [0.29, 0.717) is 42.3 Å². The summed E-state index contributed by atoms with van der Waals surface area (Å²) in [6, 6.07) is 19.4. The summed E-state index contributed by atoms with van der Waals surface area (Å²) in [5.74, 6) is -1.21. The number of halogens is 1. The average molecular weight is 766 g/mol. The van der Waals surface area contributed by atoms with Gasteiger partial charge in [0.1, 0.15) is 17.8 Å². The Kier molecular flexibility index (Phi) is 11.5. The number of nitrogens with zero attached hydrogens (tertiary/aromatic N) is 5. The number of hydrogen-bond donors (Lipinski definition) is 4. The van der Waals surface area contributed by atoms with Crippen molar-refractivity contribution >= 4 is 52.3 Å². The molecular formula is C41H48ClN9O4. The summed E-state index contributed by atoms with van der Waals surface area (Å²) in [5.41, 5.74) is 4.71. The Labute approximate surface area is 326 Å². The fourth-order valence-corrected chi connectivity index (χ4v) is 8.72. The number of nitrogens with one attached hydrogen (secondary N) is 4. The molecule has 1 aromatic heterocycles. The molecule has 288 valence electrons. The average Bonchev–Trinajstić information content (AvgIpc) is 3.52. The summed E-state index contributed by atoms with van der Waals surface area (Å²) in [7, 11) is 0. The lowest BCUT2D eigenvalue weighted by molar-refractivity contribution is -0.134. The summed E-state index contributed by atoms with van der Waals surface area (Å²) >= 11 is 6.36. The molecule has 2 aromatic carbocycles. The van der Waals surface area contributed by atoms with E-state index in [-0.39, 0.29) is 35.8 Å². The van der Waals surface area contributed by atoms with Gasteiger partial charge < -0.3 is 30.7 Å². The van der Waals surface area contributed by atoms with E-state index in [1.54, 1.807) is 18.3 Å². The van der Waals surface area contributed by atoms with Gasteiger partial charge in [-0.2, -0.15) is 5.26 Å². The zero-order valence-electron chi connectivity index (χ0n) is 31.2. The minimum atomic E-state index is -0.744. The molecule has 4 N–H and O–H groups in total. The zero-order chi connectivity index (χ0) is 38.5. The predicted molar refractivity (Wildman–Crippen MR) is 211 cm³/mol. The van der Waals surface area contributed by atoms with Crippen LogP contribution in [-0.4, -0.2) is 97.5 Å². The summed E-state index contributed by atoms with van der Waals surface area (Å²) in [4.78, 5) is 60.2. The van der Waals surface area contributed by atoms with Crippen LogP contribution in [-0.2, 0) is 9.59 Å². The molecule has 4 amide bonds. The van der Waals surface area contributed by atoms with Crippen LogP contribution in [0.25, 0.3) is 0 Å². The normalized spacial score (nSPS) is 21.3. The van der Waals surface area contributed by atoms with E-state index in [9.17, 15) is 24.4 Å². The molecule has 0 radical (unpaired) electrons. The topological polar surface area (TPSA) is 163 Å². The fraction of sp³-hybridized carbons (Fsp3) is 0.463. The third-order valence-corrected chi connectivity index (χ3v) is 12.0. The van der Waals surface area contributed by atoms with Gasteiger partial charge in [-0.15, -0.1) is 0 Å². The molecule has 2 atom stereocenters. The van der Waals surface area contributed by atoms with E-state index in [4.69, 9.17) is 11.6 Å². The fourth-order valence-electron chi connectivity index (χ4n) is 8.50. The number of carbonyl (C=O) groups excluding carboxylic acids is 4. The SMILES string of the molecule is C[C@H]1CC2(CCN(c3ccc(C(=O)N4CCC(NCCNc5ccc(C(=O)NC6CCC(=O)NC6=O)nc5)CC4)cc3)CC2)CN1c1ccc(C#N)c(Cl)c1. The van der Waals surface area contributed by atoms with Crippen molar-refractivity contribution in [3.8, 4) is 6.07 Å². The second-order valence-corrected chi connectivity index (χ2v) is 15.8. The molecule has 4 aliphatic heterocycles. The van der Waals surface area contributed by atoms with E-state index in [1.165, 1.54) is 0 Å². The predicted octanol–water partition coefficient (Wildman–Crippen LogP) is 4.33. The molecule has 0 bridgehead atoms. The number of rotatable bonds is 10. The minimum Gasteiger partial charge on any atom is -0.383 e. The van der Waals surface area contributed by atoms with Crippen LogP contribution in [0.2, 0.25) is 5.02 Å². The molecule has 0 aliphatic carbocycles. The number of anilines is 3. The number of likely N-dealkylation sites (tertiary alicyclic amines) is 1. The third-order valence-electron chi connectivity index (χ3n) is 11.7. The van der Waals surface area contributed by atoms with Crippen molar-refractivity contribution in [1.82, 2.24) is 25.8 Å². The molecule has 55 heavy (non-hydrogen) atoms. The van der Waals surface area contributed by atoms with Crippen molar-refractivity contribution in [2.45, 2.75) is 70.0 Å². The van der Waals surface area contributed by atoms with Crippen LogP contribution >= 0.6 is 11.6 Å². The lowest BCUT2D eigenvalue weighted by atomic mass is 9.76. The van der Waals surface area contributed by atoms with E-state index in [2.05, 4.69) is 61.2 Å². The van der Waals surface area contributed by atoms with Crippen LogP contribution in [0.1, 0.15) is 78.3 Å². The minimum absolute atomic E-state index is 0.0777. The number of carbonyl (C=O) groups is 4. The molecule has 1 spiro atoms. The highest BCUT2D eigenvalue weighted by Gasteiger charge is 2.44. The standard InChI is InChI=1S/C41H48ClN9O4/c1-27-23-41(26-51(27)33-8-4-29(24-43)34(42)22-33)14-20-49(21-15-41)32-6-2-28(3-7-32)40(55)50-18-12-30(13-19-50)44-16-17-45-31-5-9-35(46-25-31)38(53)47-36-10-11-37(52)48-39(36)54/h2-9,22,25,27,30,36,44-45H,10-21,23,26H2,1H3,(H,47,53)(H,48,52,54)/t27-,36?/m0/s1. The van der Waals surface area contributed by atoms with E-state index >= 15 is 0 Å². The first-order valence-electron chi connectivity index (χ1n) is 19.3. The summed E-state index contributed by atoms with van der Waals surface area (Å²) in [5, 5.41) is 21.5. The van der Waals surface area contributed by atoms with Crippen molar-refractivity contribution < 1.29 is 19.2 Å². The van der Waals surface area contributed by atoms with E-state index in [0.717, 1.165) is 80.9 Å². The lowest BCUT2D eigenvalue weighted by Crippen LogP contribution is -2.52. The van der Waals surface area contributed by atoms with Gasteiger partial charge >= 0.3 is 0 Å². The van der Waals surface area contributed by atoms with Gasteiger partial charge in [0.2, 0.25) is 11.8 Å². The van der Waals surface area contributed by atoms with Crippen molar-refractivity contribution in [2.75, 3.05) is 60.9 Å². The van der Waals surface area contributed by atoms with Gasteiger partial charge in [-0.25, -0.2) is 4.98 Å². The van der Waals surface area contributed by atoms with Gasteiger partial charge in [0, 0.05) is 81.3 Å². The van der Waals surface area contributed by atoms with Crippen molar-refractivity contribution in [3.05, 3.63) is 82.6 Å². The van der Waals surface area contributed by atoms with Crippen LogP contribution in [0, 0.1) is 16.7 Å². The highest BCUT2D eigenvalue weighted by atomic mass is 35.5. The van der Waals surface area contributed by atoms with Gasteiger partial charge in [0.25, 0.3) is 11.8 Å². The molecule has 4 aliphatic rings. The maximum Gasteiger partial charge on any atom is 0.270 e. The number of pyridine rings is 1. The van der Waals surface area contributed by atoms with Gasteiger partial charge in [0.05, 0.1) is 22.5 Å². The zero-order valence-corrected chi connectivity index (χ0v) is 31.9. The smallest absolute Gasteiger partial charge is 0.270 e. The molecular weight excluding hydrogens is 718 g/mol. The Morgan fingerprint density at radius 2 is 1.73 bits per heavy atom. The van der Waals surface area contributed by atoms with Crippen molar-refractivity contribution in [2.24, 2.45) is 5.41 Å². The monoisotopic (exact) mass is 765 g/mol. The van der Waals surface area contributed by atoms with Crippen molar-refractivity contribution in [3.63, 3.8) is 0 Å².